The number of aryl methyl sites for hydroxylation is 1. The zero-order chi connectivity index (χ0) is 20.8. The molecule has 0 spiro atoms. The Balaban J connectivity index is 2.30. The lowest BCUT2D eigenvalue weighted by molar-refractivity contribution is -0.121. The summed E-state index contributed by atoms with van der Waals surface area (Å²) in [5.74, 6) is -0.00677. The number of amides is 1. The van der Waals surface area contributed by atoms with E-state index >= 15 is 0 Å². The van der Waals surface area contributed by atoms with Gasteiger partial charge in [0.15, 0.2) is 5.16 Å². The van der Waals surface area contributed by atoms with Crippen molar-refractivity contribution >= 4 is 33.6 Å². The van der Waals surface area contributed by atoms with Crippen molar-refractivity contribution in [1.29, 1.82) is 0 Å². The second-order valence-corrected chi connectivity index (χ2v) is 9.27. The molecule has 1 N–H and O–H groups in total. The minimum Gasteiger partial charge on any atom is -0.353 e. The summed E-state index contributed by atoms with van der Waals surface area (Å²) in [6, 6.07) is 8.02. The van der Waals surface area contributed by atoms with E-state index in [2.05, 4.69) is 33.2 Å². The Bertz CT molecular complexity index is 878. The second-order valence-electron chi connectivity index (χ2n) is 7.18. The van der Waals surface area contributed by atoms with Crippen molar-refractivity contribution in [3.63, 3.8) is 0 Å². The van der Waals surface area contributed by atoms with Gasteiger partial charge in [-0.1, -0.05) is 53.2 Å². The number of carbonyl (C=O) groups excluding carboxylic acids is 1. The molecular formula is C21H28BrN3O2S. The maximum absolute atomic E-state index is 13.0. The zero-order valence-electron chi connectivity index (χ0n) is 17.1. The molecule has 1 unspecified atom stereocenters. The Morgan fingerprint density at radius 3 is 2.50 bits per heavy atom. The van der Waals surface area contributed by atoms with Crippen molar-refractivity contribution in [2.75, 3.05) is 0 Å². The summed E-state index contributed by atoms with van der Waals surface area (Å²) < 4.78 is 2.57. The van der Waals surface area contributed by atoms with Gasteiger partial charge in [-0.3, -0.25) is 14.2 Å². The number of aromatic nitrogens is 2. The summed E-state index contributed by atoms with van der Waals surface area (Å²) in [4.78, 5) is 30.1. The molecule has 1 heterocycles. The number of nitrogens with zero attached hydrogens (tertiary/aromatic N) is 2. The van der Waals surface area contributed by atoms with E-state index in [0.717, 1.165) is 22.9 Å². The van der Waals surface area contributed by atoms with E-state index in [1.165, 1.54) is 11.8 Å². The highest BCUT2D eigenvalue weighted by Gasteiger charge is 2.23. The van der Waals surface area contributed by atoms with Crippen molar-refractivity contribution in [2.45, 2.75) is 63.4 Å². The molecule has 0 aliphatic heterocycles. The van der Waals surface area contributed by atoms with Crippen LogP contribution in [0.15, 0.2) is 38.7 Å². The number of carbonyl (C=O) groups is 1. The van der Waals surface area contributed by atoms with E-state index in [0.29, 0.717) is 22.8 Å². The summed E-state index contributed by atoms with van der Waals surface area (Å²) >= 11 is 4.80. The lowest BCUT2D eigenvalue weighted by atomic mass is 10.1. The maximum atomic E-state index is 13.0. The molecule has 2 aromatic rings. The monoisotopic (exact) mass is 465 g/mol. The van der Waals surface area contributed by atoms with Crippen molar-refractivity contribution in [3.8, 4) is 0 Å². The molecule has 2 rings (SSSR count). The highest BCUT2D eigenvalue weighted by Crippen LogP contribution is 2.25. The van der Waals surface area contributed by atoms with Crippen LogP contribution in [0.4, 0.5) is 0 Å². The summed E-state index contributed by atoms with van der Waals surface area (Å²) in [7, 11) is 1.73. The number of hydrogen-bond acceptors (Lipinski definition) is 4. The summed E-state index contributed by atoms with van der Waals surface area (Å²) in [5.41, 5.74) is 2.41. The Labute approximate surface area is 179 Å². The predicted molar refractivity (Wildman–Crippen MR) is 119 cm³/mol. The minimum absolute atomic E-state index is 0.00677. The van der Waals surface area contributed by atoms with Crippen LogP contribution in [0.3, 0.4) is 0 Å². The molecule has 0 bridgehead atoms. The normalized spacial score (nSPS) is 12.2. The Morgan fingerprint density at radius 2 is 1.93 bits per heavy atom. The van der Waals surface area contributed by atoms with Gasteiger partial charge in [-0.05, 0) is 44.9 Å². The van der Waals surface area contributed by atoms with Gasteiger partial charge in [0.25, 0.3) is 5.56 Å². The number of nitrogens with one attached hydrogen (secondary N) is 1. The third kappa shape index (κ3) is 5.95. The van der Waals surface area contributed by atoms with E-state index in [1.807, 2.05) is 45.0 Å². The molecule has 0 radical (unpaired) electrons. The molecule has 1 amide bonds. The maximum Gasteiger partial charge on any atom is 0.257 e. The van der Waals surface area contributed by atoms with Crippen LogP contribution in [0.5, 0.6) is 0 Å². The van der Waals surface area contributed by atoms with E-state index in [9.17, 15) is 9.59 Å². The first-order valence-corrected chi connectivity index (χ1v) is 11.2. The van der Waals surface area contributed by atoms with Gasteiger partial charge >= 0.3 is 0 Å². The summed E-state index contributed by atoms with van der Waals surface area (Å²) in [6.45, 7) is 7.80. The molecule has 0 aliphatic rings. The third-order valence-corrected chi connectivity index (χ3v) is 6.20. The Hall–Kier alpha value is -1.60. The largest absolute Gasteiger partial charge is 0.353 e. The molecule has 7 heteroatoms. The minimum atomic E-state index is -0.262. The highest BCUT2D eigenvalue weighted by atomic mass is 79.9. The van der Waals surface area contributed by atoms with Crippen LogP contribution in [0.2, 0.25) is 0 Å². The molecule has 0 fully saturated rings. The Kier molecular flexibility index (Phi) is 8.31. The van der Waals surface area contributed by atoms with Crippen molar-refractivity contribution in [3.05, 3.63) is 55.9 Å². The van der Waals surface area contributed by atoms with E-state index in [1.54, 1.807) is 11.6 Å². The van der Waals surface area contributed by atoms with Crippen LogP contribution >= 0.6 is 27.7 Å². The van der Waals surface area contributed by atoms with Crippen molar-refractivity contribution < 1.29 is 4.79 Å². The molecule has 28 heavy (non-hydrogen) atoms. The number of hydrogen-bond donors (Lipinski definition) is 1. The zero-order valence-corrected chi connectivity index (χ0v) is 19.5. The van der Waals surface area contributed by atoms with Gasteiger partial charge < -0.3 is 5.32 Å². The molecular weight excluding hydrogens is 438 g/mol. The van der Waals surface area contributed by atoms with Crippen LogP contribution in [-0.4, -0.2) is 26.8 Å². The van der Waals surface area contributed by atoms with Crippen molar-refractivity contribution in [2.24, 2.45) is 7.05 Å². The van der Waals surface area contributed by atoms with Crippen LogP contribution in [0, 0.1) is 6.92 Å². The lowest BCUT2D eigenvalue weighted by Crippen LogP contribution is -2.37. The van der Waals surface area contributed by atoms with Gasteiger partial charge in [0.05, 0.1) is 5.25 Å². The number of rotatable bonds is 8. The fourth-order valence-corrected chi connectivity index (χ4v) is 4.33. The first-order valence-electron chi connectivity index (χ1n) is 9.50. The fraction of sp³-hybridized carbons (Fsp3) is 0.476. The average Bonchev–Trinajstić information content (AvgIpc) is 2.63. The molecule has 1 atom stereocenters. The van der Waals surface area contributed by atoms with Crippen LogP contribution in [0.1, 0.15) is 50.4 Å². The predicted octanol–water partition coefficient (Wildman–Crippen LogP) is 4.23. The van der Waals surface area contributed by atoms with Gasteiger partial charge in [-0.25, -0.2) is 4.98 Å². The van der Waals surface area contributed by atoms with Crippen LogP contribution < -0.4 is 10.9 Å². The average molecular weight is 466 g/mol. The second kappa shape index (κ2) is 10.3. The van der Waals surface area contributed by atoms with Gasteiger partial charge in [0.2, 0.25) is 5.91 Å². The van der Waals surface area contributed by atoms with Gasteiger partial charge in [-0.2, -0.15) is 0 Å². The first kappa shape index (κ1) is 22.7. The smallest absolute Gasteiger partial charge is 0.257 e. The topological polar surface area (TPSA) is 64.0 Å². The molecule has 152 valence electrons. The highest BCUT2D eigenvalue weighted by molar-refractivity contribution is 9.10. The van der Waals surface area contributed by atoms with Gasteiger partial charge in [-0.15, -0.1) is 0 Å². The molecule has 1 aromatic heterocycles. The van der Waals surface area contributed by atoms with E-state index in [-0.39, 0.29) is 22.8 Å². The number of benzene rings is 1. The first-order chi connectivity index (χ1) is 13.2. The SMILES string of the molecule is CCCC(Sc1nc(C)c(Cc2ccc(Br)cc2)c(=O)n1C)C(=O)NC(C)C. The van der Waals surface area contributed by atoms with E-state index < -0.39 is 0 Å². The molecule has 0 saturated heterocycles. The number of halogens is 1. The number of thioether (sulfide) groups is 1. The van der Waals surface area contributed by atoms with Crippen LogP contribution in [0.25, 0.3) is 0 Å². The quantitative estimate of drug-likeness (QED) is 0.467. The molecule has 1 aromatic carbocycles. The summed E-state index contributed by atoms with van der Waals surface area (Å²) in [5, 5.41) is 3.29. The Morgan fingerprint density at radius 1 is 1.29 bits per heavy atom. The van der Waals surface area contributed by atoms with Crippen LogP contribution in [-0.2, 0) is 18.3 Å². The molecule has 5 nitrogen and oxygen atoms in total. The summed E-state index contributed by atoms with van der Waals surface area (Å²) in [6.07, 6.45) is 2.16. The molecule has 0 saturated carbocycles. The lowest BCUT2D eigenvalue weighted by Gasteiger charge is -2.19. The molecule has 0 aliphatic carbocycles. The van der Waals surface area contributed by atoms with E-state index in [4.69, 9.17) is 0 Å². The fourth-order valence-electron chi connectivity index (χ4n) is 2.86. The van der Waals surface area contributed by atoms with Crippen molar-refractivity contribution in [1.82, 2.24) is 14.9 Å². The van der Waals surface area contributed by atoms with Gasteiger partial charge in [0.1, 0.15) is 0 Å². The standard InChI is InChI=1S/C21H28BrN3O2S/c1-6-7-18(19(26)23-13(2)3)28-21-24-14(4)17(20(27)25(21)5)12-15-8-10-16(22)11-9-15/h8-11,13,18H,6-7,12H2,1-5H3,(H,23,26). The third-order valence-electron chi connectivity index (χ3n) is 4.37. The van der Waals surface area contributed by atoms with Gasteiger partial charge in [0, 0.05) is 35.2 Å².